The maximum absolute atomic E-state index is 15.0. The average Bonchev–Trinajstić information content (AvgIpc) is 3.52. The Labute approximate surface area is 245 Å². The van der Waals surface area contributed by atoms with Crippen molar-refractivity contribution in [1.29, 1.82) is 0 Å². The van der Waals surface area contributed by atoms with Crippen molar-refractivity contribution >= 4 is 5.97 Å². The lowest BCUT2D eigenvalue weighted by Gasteiger charge is -2.36. The first-order valence-electron chi connectivity index (χ1n) is 14.2. The minimum absolute atomic E-state index is 0.0498. The number of ether oxygens (including phenoxy) is 4. The third-order valence-electron chi connectivity index (χ3n) is 8.47. The van der Waals surface area contributed by atoms with E-state index in [2.05, 4.69) is 4.98 Å². The number of aryl methyl sites for hydroxylation is 1. The Kier molecular flexibility index (Phi) is 7.58. The monoisotopic (exact) mass is 601 g/mol. The van der Waals surface area contributed by atoms with E-state index in [1.54, 1.807) is 38.2 Å². The summed E-state index contributed by atoms with van der Waals surface area (Å²) in [7, 11) is 0. The summed E-state index contributed by atoms with van der Waals surface area (Å²) in [6.07, 6.45) is -2.10. The van der Waals surface area contributed by atoms with Crippen molar-refractivity contribution in [2.75, 3.05) is 26.4 Å². The molecule has 6 rings (SSSR count). The fraction of sp³-hybridized carbons (Fsp3) is 0.438. The highest BCUT2D eigenvalue weighted by Crippen LogP contribution is 2.61. The summed E-state index contributed by atoms with van der Waals surface area (Å²) >= 11 is 0. The minimum atomic E-state index is -4.79. The molecule has 0 spiro atoms. The van der Waals surface area contributed by atoms with Crippen LogP contribution in [0.2, 0.25) is 0 Å². The fourth-order valence-corrected chi connectivity index (χ4v) is 6.11. The number of esters is 1. The Morgan fingerprint density at radius 1 is 1.14 bits per heavy atom. The first kappa shape index (κ1) is 29.4. The first-order chi connectivity index (χ1) is 20.5. The molecule has 0 radical (unpaired) electrons. The number of carbonyl (C=O) groups is 1. The lowest BCUT2D eigenvalue weighted by Crippen LogP contribution is -2.50. The summed E-state index contributed by atoms with van der Waals surface area (Å²) in [6, 6.07) is 8.08. The van der Waals surface area contributed by atoms with E-state index in [-0.39, 0.29) is 72.7 Å². The van der Waals surface area contributed by atoms with Crippen molar-refractivity contribution in [3.05, 3.63) is 76.2 Å². The number of hydrogen-bond acceptors (Lipinski definition) is 7. The molecule has 2 aliphatic carbocycles. The predicted octanol–water partition coefficient (Wildman–Crippen LogP) is 5.77. The third-order valence-corrected chi connectivity index (χ3v) is 8.47. The molecule has 1 aromatic heterocycles. The number of carbonyl (C=O) groups excluding carboxylic acids is 1. The van der Waals surface area contributed by atoms with Gasteiger partial charge in [-0.05, 0) is 78.3 Å². The Hall–Kier alpha value is -3.70. The van der Waals surface area contributed by atoms with Gasteiger partial charge in [0.1, 0.15) is 23.8 Å². The second-order valence-corrected chi connectivity index (χ2v) is 11.5. The number of halogens is 4. The van der Waals surface area contributed by atoms with Crippen LogP contribution in [0, 0.1) is 24.6 Å². The van der Waals surface area contributed by atoms with Crippen LogP contribution in [0.15, 0.2) is 42.6 Å². The van der Waals surface area contributed by atoms with Crippen LogP contribution < -0.4 is 9.47 Å². The average molecular weight is 602 g/mol. The van der Waals surface area contributed by atoms with Crippen LogP contribution in [0.5, 0.6) is 11.6 Å². The molecule has 228 valence electrons. The van der Waals surface area contributed by atoms with Crippen LogP contribution in [0.25, 0.3) is 11.1 Å². The van der Waals surface area contributed by atoms with Gasteiger partial charge in [-0.15, -0.1) is 0 Å². The van der Waals surface area contributed by atoms with Gasteiger partial charge in [-0.2, -0.15) is 13.2 Å². The zero-order valence-electron chi connectivity index (χ0n) is 23.7. The van der Waals surface area contributed by atoms with Crippen molar-refractivity contribution in [3.8, 4) is 22.8 Å². The van der Waals surface area contributed by atoms with Crippen molar-refractivity contribution in [3.63, 3.8) is 0 Å². The van der Waals surface area contributed by atoms with E-state index in [4.69, 9.17) is 18.9 Å². The topological polar surface area (TPSA) is 87.1 Å². The molecule has 7 nitrogen and oxygen atoms in total. The van der Waals surface area contributed by atoms with Gasteiger partial charge in [0.2, 0.25) is 5.88 Å². The second-order valence-electron chi connectivity index (χ2n) is 11.5. The summed E-state index contributed by atoms with van der Waals surface area (Å²) in [5, 5.41) is 10.1. The molecule has 2 aromatic carbocycles. The maximum atomic E-state index is 15.0. The van der Waals surface area contributed by atoms with Gasteiger partial charge in [0.15, 0.2) is 0 Å². The molecular weight excluding hydrogens is 570 g/mol. The van der Waals surface area contributed by atoms with E-state index in [0.717, 1.165) is 11.1 Å². The highest BCUT2D eigenvalue weighted by molar-refractivity contribution is 5.79. The molecule has 1 N–H and O–H groups in total. The van der Waals surface area contributed by atoms with Gasteiger partial charge in [-0.1, -0.05) is 6.07 Å². The van der Waals surface area contributed by atoms with Gasteiger partial charge in [-0.3, -0.25) is 4.79 Å². The van der Waals surface area contributed by atoms with Gasteiger partial charge in [-0.25, -0.2) is 9.37 Å². The summed E-state index contributed by atoms with van der Waals surface area (Å²) in [5.74, 6) is -0.471. The van der Waals surface area contributed by atoms with E-state index in [1.807, 2.05) is 0 Å². The molecule has 2 heterocycles. The van der Waals surface area contributed by atoms with Gasteiger partial charge >= 0.3 is 12.1 Å². The highest BCUT2D eigenvalue weighted by Gasteiger charge is 2.60. The number of nitrogens with zero attached hydrogens (tertiary/aromatic N) is 1. The quantitative estimate of drug-likeness (QED) is 0.233. The van der Waals surface area contributed by atoms with E-state index < -0.39 is 23.2 Å². The van der Waals surface area contributed by atoms with Crippen molar-refractivity contribution in [2.24, 2.45) is 11.8 Å². The van der Waals surface area contributed by atoms with Gasteiger partial charge in [0.25, 0.3) is 0 Å². The number of benzene rings is 2. The molecule has 0 unspecified atom stereocenters. The van der Waals surface area contributed by atoms with E-state index in [9.17, 15) is 27.5 Å². The number of aliphatic hydroxyl groups is 1. The van der Waals surface area contributed by atoms with Gasteiger partial charge in [0.05, 0.1) is 37.9 Å². The molecule has 3 aliphatic rings. The second kappa shape index (κ2) is 11.1. The van der Waals surface area contributed by atoms with Crippen molar-refractivity contribution < 1.29 is 46.4 Å². The standard InChI is InChI=1S/C32H31F4NO6/c1-3-41-30(38)29-23-9-18-11-27(37-13-24(18)28(23)29)43-14-19-10-22(25(12-26(19)33)32(34,35)36)21-5-4-20(8-17(21)2)42-7-6-31(39)15-40-16-31/h4-5,8,10-13,23,28-29,39H,3,6-7,9,14-16H2,1-2H3/t23-,28-,29+/m1/s1. The van der Waals surface area contributed by atoms with Crippen molar-refractivity contribution in [2.45, 2.75) is 51.0 Å². The van der Waals surface area contributed by atoms with Crippen LogP contribution >= 0.6 is 0 Å². The Morgan fingerprint density at radius 3 is 2.60 bits per heavy atom. The van der Waals surface area contributed by atoms with Gasteiger partial charge < -0.3 is 24.1 Å². The number of rotatable bonds is 10. The first-order valence-corrected chi connectivity index (χ1v) is 14.2. The van der Waals surface area contributed by atoms with Gasteiger partial charge in [0, 0.05) is 30.2 Å². The largest absolute Gasteiger partial charge is 0.493 e. The SMILES string of the molecule is CCOC(=O)[C@H]1[C@@H]2Cc3cc(OCc4cc(-c5ccc(OCCC6(O)COC6)cc5C)c(C(F)(F)F)cc4F)ncc3[C@@H]21. The molecule has 1 saturated carbocycles. The van der Waals surface area contributed by atoms with Crippen molar-refractivity contribution in [1.82, 2.24) is 4.98 Å². The molecule has 1 aliphatic heterocycles. The fourth-order valence-electron chi connectivity index (χ4n) is 6.11. The van der Waals surface area contributed by atoms with E-state index in [1.165, 1.54) is 12.1 Å². The molecule has 0 amide bonds. The Bertz CT molecular complexity index is 1550. The maximum Gasteiger partial charge on any atom is 0.417 e. The predicted molar refractivity (Wildman–Crippen MR) is 146 cm³/mol. The van der Waals surface area contributed by atoms with E-state index in [0.29, 0.717) is 36.8 Å². The summed E-state index contributed by atoms with van der Waals surface area (Å²) < 4.78 is 78.6. The third kappa shape index (κ3) is 5.80. The highest BCUT2D eigenvalue weighted by atomic mass is 19.4. The molecule has 11 heteroatoms. The number of hydrogen-bond donors (Lipinski definition) is 1. The van der Waals surface area contributed by atoms with Crippen LogP contribution in [-0.4, -0.2) is 48.1 Å². The molecule has 43 heavy (non-hydrogen) atoms. The number of aromatic nitrogens is 1. The lowest BCUT2D eigenvalue weighted by atomic mass is 9.93. The normalized spacial score (nSPS) is 21.4. The molecule has 3 aromatic rings. The zero-order chi connectivity index (χ0) is 30.5. The van der Waals surface area contributed by atoms with Crippen LogP contribution in [0.1, 0.15) is 47.1 Å². The zero-order valence-corrected chi connectivity index (χ0v) is 23.7. The Balaban J connectivity index is 1.18. The summed E-state index contributed by atoms with van der Waals surface area (Å²) in [6.45, 7) is 4.13. The summed E-state index contributed by atoms with van der Waals surface area (Å²) in [5.41, 5.74) is 0.507. The number of alkyl halides is 3. The molecule has 3 atom stereocenters. The molecule has 1 saturated heterocycles. The van der Waals surface area contributed by atoms with Crippen LogP contribution in [-0.2, 0) is 33.5 Å². The Morgan fingerprint density at radius 2 is 1.93 bits per heavy atom. The van der Waals surface area contributed by atoms with E-state index >= 15 is 0 Å². The molecule has 2 fully saturated rings. The molecule has 0 bridgehead atoms. The molecular formula is C32H31F4NO6. The lowest BCUT2D eigenvalue weighted by molar-refractivity contribution is -0.184. The number of fused-ring (bicyclic) bond motifs is 3. The van der Waals surface area contributed by atoms with Crippen LogP contribution in [0.3, 0.4) is 0 Å². The van der Waals surface area contributed by atoms with Crippen LogP contribution in [0.4, 0.5) is 17.6 Å². The summed E-state index contributed by atoms with van der Waals surface area (Å²) in [4.78, 5) is 16.4. The number of pyridine rings is 1. The smallest absolute Gasteiger partial charge is 0.417 e. The minimum Gasteiger partial charge on any atom is -0.493 e.